The Balaban J connectivity index is 1.67. The maximum absolute atomic E-state index is 11.9. The molecule has 0 aliphatic rings. The van der Waals surface area contributed by atoms with Crippen LogP contribution < -0.4 is 5.73 Å². The lowest BCUT2D eigenvalue weighted by molar-refractivity contribution is -0.384. The van der Waals surface area contributed by atoms with E-state index in [1.807, 2.05) is 5.38 Å². The molecule has 0 atom stereocenters. The second kappa shape index (κ2) is 7.49. The van der Waals surface area contributed by atoms with Gasteiger partial charge in [0, 0.05) is 28.6 Å². The first-order chi connectivity index (χ1) is 12.5. The second-order valence-corrected chi connectivity index (χ2v) is 5.64. The average Bonchev–Trinajstić information content (AvgIpc) is 3.21. The highest BCUT2D eigenvalue weighted by molar-refractivity contribution is 7.03. The average molecular weight is 369 g/mol. The Morgan fingerprint density at radius 2 is 1.77 bits per heavy atom. The van der Waals surface area contributed by atoms with Gasteiger partial charge in [0.2, 0.25) is 0 Å². The largest absolute Gasteiger partial charge is 0.380 e. The third-order valence-electron chi connectivity index (χ3n) is 3.38. The Morgan fingerprint density at radius 3 is 2.35 bits per heavy atom. The lowest BCUT2D eigenvalue weighted by Gasteiger charge is -2.02. The van der Waals surface area contributed by atoms with Crippen molar-refractivity contribution in [2.24, 2.45) is 10.9 Å². The molecule has 9 nitrogen and oxygen atoms in total. The van der Waals surface area contributed by atoms with Crippen LogP contribution in [0.4, 0.5) is 5.69 Å². The van der Waals surface area contributed by atoms with Crippen molar-refractivity contribution in [3.63, 3.8) is 0 Å². The number of amidine groups is 1. The van der Waals surface area contributed by atoms with E-state index in [9.17, 15) is 14.9 Å². The Kier molecular flexibility index (Phi) is 4.94. The Labute approximate surface area is 151 Å². The molecule has 0 amide bonds. The van der Waals surface area contributed by atoms with Crippen LogP contribution in [0.5, 0.6) is 0 Å². The second-order valence-electron chi connectivity index (χ2n) is 5.03. The van der Waals surface area contributed by atoms with Crippen molar-refractivity contribution in [2.45, 2.75) is 0 Å². The van der Waals surface area contributed by atoms with E-state index in [1.54, 1.807) is 24.3 Å². The fourth-order valence-electron chi connectivity index (χ4n) is 2.02. The minimum atomic E-state index is -0.770. The van der Waals surface area contributed by atoms with E-state index in [0.29, 0.717) is 5.56 Å². The van der Waals surface area contributed by atoms with Crippen LogP contribution in [-0.2, 0) is 4.84 Å². The molecule has 10 heteroatoms. The molecule has 0 fully saturated rings. The standard InChI is InChI=1S/C16H11N5O4S/c17-15(11-3-1-10(2-4-11)14-9-26-20-18-14)19-25-16(22)12-5-7-13(8-6-12)21(23)24/h1-9H,(H2,17,19). The number of hydrogen-bond acceptors (Lipinski definition) is 8. The van der Waals surface area contributed by atoms with Crippen LogP contribution in [0.3, 0.4) is 0 Å². The number of oxime groups is 1. The molecular formula is C16H11N5O4S. The number of nitro groups is 1. The van der Waals surface area contributed by atoms with E-state index in [0.717, 1.165) is 11.3 Å². The molecule has 0 aliphatic heterocycles. The van der Waals surface area contributed by atoms with Crippen molar-refractivity contribution in [1.29, 1.82) is 0 Å². The molecule has 0 radical (unpaired) electrons. The summed E-state index contributed by atoms with van der Waals surface area (Å²) in [6.45, 7) is 0. The van der Waals surface area contributed by atoms with Crippen molar-refractivity contribution in [3.8, 4) is 11.3 Å². The quantitative estimate of drug-likeness (QED) is 0.240. The van der Waals surface area contributed by atoms with Crippen molar-refractivity contribution in [1.82, 2.24) is 9.59 Å². The highest BCUT2D eigenvalue weighted by Gasteiger charge is 2.11. The van der Waals surface area contributed by atoms with E-state index in [-0.39, 0.29) is 17.1 Å². The fraction of sp³-hybridized carbons (Fsp3) is 0. The summed E-state index contributed by atoms with van der Waals surface area (Å²) in [7, 11) is 0. The molecular weight excluding hydrogens is 358 g/mol. The first-order valence-electron chi connectivity index (χ1n) is 7.22. The van der Waals surface area contributed by atoms with Crippen LogP contribution in [0.15, 0.2) is 59.1 Å². The van der Waals surface area contributed by atoms with Gasteiger partial charge in [-0.1, -0.05) is 33.9 Å². The van der Waals surface area contributed by atoms with E-state index in [4.69, 9.17) is 10.6 Å². The lowest BCUT2D eigenvalue weighted by Crippen LogP contribution is -2.15. The zero-order chi connectivity index (χ0) is 18.5. The monoisotopic (exact) mass is 369 g/mol. The number of nitrogens with two attached hydrogens (primary N) is 1. The molecule has 130 valence electrons. The van der Waals surface area contributed by atoms with Gasteiger partial charge in [0.05, 0.1) is 10.5 Å². The van der Waals surface area contributed by atoms with Gasteiger partial charge in [-0.15, -0.1) is 5.10 Å². The molecule has 3 aromatic rings. The highest BCUT2D eigenvalue weighted by Crippen LogP contribution is 2.18. The van der Waals surface area contributed by atoms with Crippen LogP contribution in [0.25, 0.3) is 11.3 Å². The maximum Gasteiger partial charge on any atom is 0.365 e. The Morgan fingerprint density at radius 1 is 1.12 bits per heavy atom. The molecule has 0 spiro atoms. The van der Waals surface area contributed by atoms with Crippen LogP contribution in [0.2, 0.25) is 0 Å². The zero-order valence-corrected chi connectivity index (χ0v) is 13.9. The predicted molar refractivity (Wildman–Crippen MR) is 94.6 cm³/mol. The number of nitrogens with zero attached hydrogens (tertiary/aromatic N) is 4. The molecule has 1 heterocycles. The van der Waals surface area contributed by atoms with Crippen LogP contribution >= 0.6 is 11.5 Å². The van der Waals surface area contributed by atoms with Crippen LogP contribution in [0, 0.1) is 10.1 Å². The van der Waals surface area contributed by atoms with Crippen molar-refractivity contribution in [3.05, 3.63) is 75.2 Å². The summed E-state index contributed by atoms with van der Waals surface area (Å²) < 4.78 is 3.80. The number of benzene rings is 2. The van der Waals surface area contributed by atoms with Gasteiger partial charge in [0.1, 0.15) is 5.69 Å². The third-order valence-corrected chi connectivity index (χ3v) is 3.88. The summed E-state index contributed by atoms with van der Waals surface area (Å²) in [5.41, 5.74) is 8.00. The van der Waals surface area contributed by atoms with Gasteiger partial charge >= 0.3 is 5.97 Å². The Hall–Kier alpha value is -3.66. The minimum absolute atomic E-state index is 0.0169. The van der Waals surface area contributed by atoms with Gasteiger partial charge in [-0.25, -0.2) is 4.79 Å². The number of non-ortho nitro benzene ring substituents is 1. The van der Waals surface area contributed by atoms with Crippen molar-refractivity contribution < 1.29 is 14.6 Å². The molecule has 1 aromatic heterocycles. The summed E-state index contributed by atoms with van der Waals surface area (Å²) in [4.78, 5) is 26.7. The summed E-state index contributed by atoms with van der Waals surface area (Å²) in [5.74, 6) is -0.753. The summed E-state index contributed by atoms with van der Waals surface area (Å²) >= 11 is 1.25. The number of aromatic nitrogens is 2. The first-order valence-corrected chi connectivity index (χ1v) is 8.05. The van der Waals surface area contributed by atoms with E-state index < -0.39 is 10.9 Å². The molecule has 0 bridgehead atoms. The van der Waals surface area contributed by atoms with Gasteiger partial charge in [-0.2, -0.15) is 0 Å². The van der Waals surface area contributed by atoms with Gasteiger partial charge in [-0.05, 0) is 23.7 Å². The molecule has 26 heavy (non-hydrogen) atoms. The molecule has 2 N–H and O–H groups in total. The molecule has 0 aliphatic carbocycles. The normalized spacial score (nSPS) is 11.2. The lowest BCUT2D eigenvalue weighted by atomic mass is 10.1. The van der Waals surface area contributed by atoms with Gasteiger partial charge in [0.25, 0.3) is 5.69 Å². The zero-order valence-electron chi connectivity index (χ0n) is 13.1. The smallest absolute Gasteiger partial charge is 0.365 e. The van der Waals surface area contributed by atoms with Gasteiger partial charge in [0.15, 0.2) is 5.84 Å². The molecule has 0 saturated carbocycles. The fourth-order valence-corrected chi connectivity index (χ4v) is 2.48. The van der Waals surface area contributed by atoms with Crippen LogP contribution in [0.1, 0.15) is 15.9 Å². The molecule has 3 rings (SSSR count). The van der Waals surface area contributed by atoms with Gasteiger partial charge in [-0.3, -0.25) is 10.1 Å². The predicted octanol–water partition coefficient (Wildman–Crippen LogP) is 2.59. The van der Waals surface area contributed by atoms with Crippen LogP contribution in [-0.4, -0.2) is 26.3 Å². The van der Waals surface area contributed by atoms with E-state index in [2.05, 4.69) is 14.7 Å². The summed E-state index contributed by atoms with van der Waals surface area (Å²) in [6.07, 6.45) is 0. The minimum Gasteiger partial charge on any atom is -0.380 e. The third kappa shape index (κ3) is 3.87. The molecule has 2 aromatic carbocycles. The Bertz CT molecular complexity index is 953. The summed E-state index contributed by atoms with van der Waals surface area (Å²) in [6, 6.07) is 12.0. The number of carbonyl (C=O) groups excluding carboxylic acids is 1. The van der Waals surface area contributed by atoms with E-state index >= 15 is 0 Å². The molecule has 0 saturated heterocycles. The highest BCUT2D eigenvalue weighted by atomic mass is 32.1. The van der Waals surface area contributed by atoms with E-state index in [1.165, 1.54) is 35.8 Å². The number of nitro benzene ring substituents is 1. The maximum atomic E-state index is 11.9. The van der Waals surface area contributed by atoms with Gasteiger partial charge < -0.3 is 10.6 Å². The first kappa shape index (κ1) is 17.2. The SMILES string of the molecule is NC(=NOC(=O)c1ccc([N+](=O)[O-])cc1)c1ccc(-c2csnn2)cc1. The summed E-state index contributed by atoms with van der Waals surface area (Å²) in [5, 5.41) is 20.0. The number of rotatable bonds is 5. The number of hydrogen-bond donors (Lipinski definition) is 1. The topological polar surface area (TPSA) is 134 Å². The molecule has 0 unspecified atom stereocenters. The number of carbonyl (C=O) groups is 1. The van der Waals surface area contributed by atoms with Crippen molar-refractivity contribution in [2.75, 3.05) is 0 Å². The van der Waals surface area contributed by atoms with Crippen molar-refractivity contribution >= 4 is 29.0 Å².